The first-order valence-electron chi connectivity index (χ1n) is 10.6. The zero-order chi connectivity index (χ0) is 21.9. The number of aryl methyl sites for hydroxylation is 4. The Hall–Kier alpha value is -2.56. The number of benzene rings is 2. The molecule has 4 heteroatoms. The maximum atomic E-state index is 11.6. The van der Waals surface area contributed by atoms with Gasteiger partial charge >= 0.3 is 0 Å². The van der Waals surface area contributed by atoms with Crippen molar-refractivity contribution in [2.24, 2.45) is 0 Å². The summed E-state index contributed by atoms with van der Waals surface area (Å²) in [6, 6.07) is 8.06. The van der Waals surface area contributed by atoms with Crippen molar-refractivity contribution in [2.45, 2.75) is 47.0 Å². The number of carbonyl (C=O) groups is 2. The molecule has 4 aromatic rings. The Morgan fingerprint density at radius 2 is 1.10 bits per heavy atom. The van der Waals surface area contributed by atoms with E-state index < -0.39 is 0 Å². The van der Waals surface area contributed by atoms with Crippen molar-refractivity contribution < 1.29 is 9.59 Å². The lowest BCUT2D eigenvalue weighted by atomic mass is 9.90. The second-order valence-electron chi connectivity index (χ2n) is 8.42. The van der Waals surface area contributed by atoms with Gasteiger partial charge in [0.25, 0.3) is 0 Å². The van der Waals surface area contributed by atoms with E-state index in [1.807, 2.05) is 34.8 Å². The van der Waals surface area contributed by atoms with Gasteiger partial charge in [0, 0.05) is 41.1 Å². The van der Waals surface area contributed by atoms with Gasteiger partial charge in [0.2, 0.25) is 0 Å². The Labute approximate surface area is 190 Å². The van der Waals surface area contributed by atoms with Crippen LogP contribution in [0.25, 0.3) is 31.3 Å². The average molecular weight is 445 g/mol. The second kappa shape index (κ2) is 7.54. The Bertz CT molecular complexity index is 1320. The van der Waals surface area contributed by atoms with Gasteiger partial charge in [-0.25, -0.2) is 0 Å². The topological polar surface area (TPSA) is 34.1 Å². The Morgan fingerprint density at radius 1 is 0.677 bits per heavy atom. The van der Waals surface area contributed by atoms with Gasteiger partial charge in [0.05, 0.1) is 0 Å². The molecular formula is C27H24O2S2. The maximum Gasteiger partial charge on any atom is 0.150 e. The molecule has 0 saturated carbocycles. The molecule has 5 rings (SSSR count). The van der Waals surface area contributed by atoms with E-state index in [4.69, 9.17) is 0 Å². The Balaban J connectivity index is 1.86. The molecule has 0 bridgehead atoms. The van der Waals surface area contributed by atoms with E-state index in [0.29, 0.717) is 0 Å². The highest BCUT2D eigenvalue weighted by molar-refractivity contribution is 7.19. The van der Waals surface area contributed by atoms with Crippen molar-refractivity contribution in [3.05, 3.63) is 67.4 Å². The minimum atomic E-state index is 0.773. The Kier molecular flexibility index (Phi) is 4.95. The van der Waals surface area contributed by atoms with Gasteiger partial charge in [-0.15, -0.1) is 22.7 Å². The molecule has 0 amide bonds. The van der Waals surface area contributed by atoms with Crippen molar-refractivity contribution in [3.8, 4) is 0 Å². The molecule has 2 aromatic heterocycles. The lowest BCUT2D eigenvalue weighted by molar-refractivity contribution is 0.111. The van der Waals surface area contributed by atoms with Crippen LogP contribution in [0.4, 0.5) is 0 Å². The normalized spacial score (nSPS) is 14.2. The van der Waals surface area contributed by atoms with Crippen molar-refractivity contribution in [1.29, 1.82) is 0 Å². The van der Waals surface area contributed by atoms with Crippen LogP contribution in [0, 0.1) is 27.7 Å². The largest absolute Gasteiger partial charge is 0.298 e. The smallest absolute Gasteiger partial charge is 0.150 e. The number of hydrogen-bond donors (Lipinski definition) is 0. The molecule has 156 valence electrons. The van der Waals surface area contributed by atoms with Crippen molar-refractivity contribution in [1.82, 2.24) is 0 Å². The van der Waals surface area contributed by atoms with Gasteiger partial charge < -0.3 is 0 Å². The molecule has 1 aliphatic rings. The molecule has 31 heavy (non-hydrogen) atoms. The molecule has 2 heterocycles. The van der Waals surface area contributed by atoms with Crippen LogP contribution >= 0.6 is 22.7 Å². The second-order valence-corrected chi connectivity index (χ2v) is 10.9. The number of fused-ring (bicyclic) bond motifs is 2. The SMILES string of the molecule is Cc1sc2ccc(C=O)c(C)c2c1C1=C(c2c(C)sc3ccc(C=O)c(C)c23)CCC1. The van der Waals surface area contributed by atoms with Crippen LogP contribution in [0.5, 0.6) is 0 Å². The number of allylic oxidation sites excluding steroid dienone is 2. The van der Waals surface area contributed by atoms with E-state index in [9.17, 15) is 9.59 Å². The number of carbonyl (C=O) groups excluding carboxylic acids is 2. The lowest BCUT2D eigenvalue weighted by Crippen LogP contribution is -1.93. The van der Waals surface area contributed by atoms with Gasteiger partial charge in [-0.05, 0) is 105 Å². The lowest BCUT2D eigenvalue weighted by Gasteiger charge is -2.13. The molecular weight excluding hydrogens is 420 g/mol. The predicted molar refractivity (Wildman–Crippen MR) is 134 cm³/mol. The fourth-order valence-electron chi connectivity index (χ4n) is 5.26. The van der Waals surface area contributed by atoms with E-state index in [2.05, 4.69) is 39.8 Å². The summed E-state index contributed by atoms with van der Waals surface area (Å²) >= 11 is 3.64. The Morgan fingerprint density at radius 3 is 1.48 bits per heavy atom. The van der Waals surface area contributed by atoms with Crippen LogP contribution in [0.15, 0.2) is 24.3 Å². The van der Waals surface area contributed by atoms with Crippen LogP contribution in [-0.2, 0) is 0 Å². The summed E-state index contributed by atoms with van der Waals surface area (Å²) in [5.41, 5.74) is 9.22. The highest BCUT2D eigenvalue weighted by atomic mass is 32.1. The third-order valence-electron chi connectivity index (χ3n) is 6.74. The molecule has 0 N–H and O–H groups in total. The minimum Gasteiger partial charge on any atom is -0.298 e. The van der Waals surface area contributed by atoms with Crippen molar-refractivity contribution in [2.75, 3.05) is 0 Å². The third kappa shape index (κ3) is 2.96. The van der Waals surface area contributed by atoms with Gasteiger partial charge in [-0.2, -0.15) is 0 Å². The fourth-order valence-corrected chi connectivity index (χ4v) is 7.56. The summed E-state index contributed by atoms with van der Waals surface area (Å²) in [5.74, 6) is 0. The number of thiophene rings is 2. The molecule has 0 unspecified atom stereocenters. The molecule has 0 radical (unpaired) electrons. The highest BCUT2D eigenvalue weighted by Crippen LogP contribution is 2.50. The van der Waals surface area contributed by atoms with Crippen LogP contribution in [0.1, 0.15) is 72.0 Å². The van der Waals surface area contributed by atoms with E-state index in [1.54, 1.807) is 0 Å². The van der Waals surface area contributed by atoms with Crippen molar-refractivity contribution in [3.63, 3.8) is 0 Å². The zero-order valence-electron chi connectivity index (χ0n) is 18.2. The number of aldehydes is 2. The van der Waals surface area contributed by atoms with E-state index in [-0.39, 0.29) is 0 Å². The van der Waals surface area contributed by atoms with Crippen LogP contribution in [0.2, 0.25) is 0 Å². The number of hydrogen-bond acceptors (Lipinski definition) is 4. The maximum absolute atomic E-state index is 11.6. The molecule has 0 atom stereocenters. The minimum absolute atomic E-state index is 0.773. The average Bonchev–Trinajstić information content (AvgIpc) is 3.43. The molecule has 1 aliphatic carbocycles. The van der Waals surface area contributed by atoms with Gasteiger partial charge in [0.1, 0.15) is 12.6 Å². The monoisotopic (exact) mass is 444 g/mol. The quantitative estimate of drug-likeness (QED) is 0.298. The van der Waals surface area contributed by atoms with Crippen LogP contribution in [0.3, 0.4) is 0 Å². The van der Waals surface area contributed by atoms with Crippen LogP contribution in [-0.4, -0.2) is 12.6 Å². The summed E-state index contributed by atoms with van der Waals surface area (Å²) in [4.78, 5) is 25.9. The van der Waals surface area contributed by atoms with E-state index >= 15 is 0 Å². The van der Waals surface area contributed by atoms with Gasteiger partial charge in [0.15, 0.2) is 0 Å². The first-order chi connectivity index (χ1) is 15.0. The summed E-state index contributed by atoms with van der Waals surface area (Å²) < 4.78 is 2.50. The first kappa shape index (κ1) is 20.3. The van der Waals surface area contributed by atoms with Gasteiger partial charge in [-0.1, -0.05) is 0 Å². The summed E-state index contributed by atoms with van der Waals surface area (Å²) in [7, 11) is 0. The summed E-state index contributed by atoms with van der Waals surface area (Å²) in [6.07, 6.45) is 5.18. The molecule has 0 fully saturated rings. The standard InChI is InChI=1S/C27H24O2S2/c1-14-18(12-28)8-10-22-24(14)26(16(3)30-22)20-6-5-7-21(20)27-17(4)31-23-11-9-19(13-29)15(2)25(23)27/h8-13H,5-7H2,1-4H3. The molecule has 0 aliphatic heterocycles. The van der Waals surface area contributed by atoms with Gasteiger partial charge in [-0.3, -0.25) is 9.59 Å². The van der Waals surface area contributed by atoms with E-state index in [0.717, 1.165) is 54.1 Å². The third-order valence-corrected chi connectivity index (χ3v) is 8.88. The predicted octanol–water partition coefficient (Wildman–Crippen LogP) is 8.07. The molecule has 2 aromatic carbocycles. The summed E-state index contributed by atoms with van der Waals surface area (Å²) in [5, 5.41) is 2.48. The van der Waals surface area contributed by atoms with Crippen molar-refractivity contribution >= 4 is 66.6 Å². The summed E-state index contributed by atoms with van der Waals surface area (Å²) in [6.45, 7) is 8.56. The van der Waals surface area contributed by atoms with E-state index in [1.165, 1.54) is 52.2 Å². The zero-order valence-corrected chi connectivity index (χ0v) is 19.9. The van der Waals surface area contributed by atoms with Crippen LogP contribution < -0.4 is 0 Å². The highest BCUT2D eigenvalue weighted by Gasteiger charge is 2.27. The molecule has 2 nitrogen and oxygen atoms in total. The fraction of sp³-hybridized carbons (Fsp3) is 0.259. The number of rotatable bonds is 4. The first-order valence-corrected chi connectivity index (χ1v) is 12.3. The molecule has 0 spiro atoms. The molecule has 0 saturated heterocycles.